The molecule has 23 heavy (non-hydrogen) atoms. The molecule has 7 nitrogen and oxygen atoms in total. The third-order valence-electron chi connectivity index (χ3n) is 3.19. The molecule has 0 spiro atoms. The lowest BCUT2D eigenvalue weighted by Crippen LogP contribution is -2.15. The van der Waals surface area contributed by atoms with Crippen molar-refractivity contribution >= 4 is 21.4 Å². The lowest BCUT2D eigenvalue weighted by molar-refractivity contribution is 0.414. The van der Waals surface area contributed by atoms with Crippen LogP contribution in [0.1, 0.15) is 11.1 Å². The molecule has 9 heteroatoms. The van der Waals surface area contributed by atoms with Gasteiger partial charge >= 0.3 is 0 Å². The molecule has 0 fully saturated rings. The second-order valence-corrected chi connectivity index (χ2v) is 7.14. The summed E-state index contributed by atoms with van der Waals surface area (Å²) >= 11 is 1.36. The summed E-state index contributed by atoms with van der Waals surface area (Å²) in [5.41, 5.74) is 1.45. The van der Waals surface area contributed by atoms with Crippen molar-refractivity contribution in [1.29, 1.82) is 0 Å². The fourth-order valence-electron chi connectivity index (χ4n) is 2.15. The first kappa shape index (κ1) is 15.7. The smallest absolute Gasteiger partial charge is 0.257 e. The Kier molecular flexibility index (Phi) is 4.16. The highest BCUT2D eigenvalue weighted by molar-refractivity contribution is 7.89. The number of nitrogens with zero attached hydrogens (tertiary/aromatic N) is 3. The fraction of sp³-hybridized carbons (Fsp3) is 0.143. The molecule has 0 aliphatic rings. The molecule has 0 unspecified atom stereocenters. The van der Waals surface area contributed by atoms with Crippen molar-refractivity contribution < 1.29 is 13.2 Å². The standard InChI is InChI=1S/C14H14N4O3S2/c1-21-12-4-2-10(3-5-12)8-11-9-18(14-16-6-7-22-14)17-13(11)23(15,19)20/h2-7,9H,8H2,1H3,(H2,15,19,20). The summed E-state index contributed by atoms with van der Waals surface area (Å²) < 4.78 is 30.1. The molecule has 0 amide bonds. The predicted molar refractivity (Wildman–Crippen MR) is 86.4 cm³/mol. The number of nitrogens with two attached hydrogens (primary N) is 1. The molecular weight excluding hydrogens is 336 g/mol. The number of rotatable bonds is 5. The van der Waals surface area contributed by atoms with Crippen molar-refractivity contribution in [2.24, 2.45) is 5.14 Å². The van der Waals surface area contributed by atoms with Gasteiger partial charge in [-0.1, -0.05) is 12.1 Å². The molecule has 0 aliphatic heterocycles. The third kappa shape index (κ3) is 3.41. The first-order valence-corrected chi connectivity index (χ1v) is 9.04. The van der Waals surface area contributed by atoms with Gasteiger partial charge in [-0.25, -0.2) is 23.2 Å². The molecule has 2 aromatic heterocycles. The Morgan fingerprint density at radius 3 is 2.61 bits per heavy atom. The number of primary sulfonamides is 1. The summed E-state index contributed by atoms with van der Waals surface area (Å²) in [6, 6.07) is 7.37. The number of aromatic nitrogens is 3. The topological polar surface area (TPSA) is 100 Å². The average molecular weight is 350 g/mol. The highest BCUT2D eigenvalue weighted by Crippen LogP contribution is 2.21. The quantitative estimate of drug-likeness (QED) is 0.753. The molecule has 1 aromatic carbocycles. The van der Waals surface area contributed by atoms with Crippen molar-refractivity contribution in [1.82, 2.24) is 14.8 Å². The Balaban J connectivity index is 1.99. The van der Waals surface area contributed by atoms with Gasteiger partial charge in [-0.2, -0.15) is 5.10 Å². The number of ether oxygens (including phenoxy) is 1. The van der Waals surface area contributed by atoms with Crippen LogP contribution in [-0.4, -0.2) is 30.3 Å². The summed E-state index contributed by atoms with van der Waals surface area (Å²) in [6.07, 6.45) is 3.66. The van der Waals surface area contributed by atoms with Crippen LogP contribution in [0.25, 0.3) is 5.13 Å². The van der Waals surface area contributed by atoms with Crippen LogP contribution >= 0.6 is 11.3 Å². The Morgan fingerprint density at radius 1 is 1.30 bits per heavy atom. The molecule has 0 bridgehead atoms. The third-order valence-corrected chi connectivity index (χ3v) is 4.83. The zero-order valence-corrected chi connectivity index (χ0v) is 13.8. The maximum Gasteiger partial charge on any atom is 0.257 e. The van der Waals surface area contributed by atoms with Gasteiger partial charge in [-0.05, 0) is 17.7 Å². The molecular formula is C14H14N4O3S2. The minimum Gasteiger partial charge on any atom is -0.497 e. The van der Waals surface area contributed by atoms with Crippen molar-refractivity contribution in [2.75, 3.05) is 7.11 Å². The van der Waals surface area contributed by atoms with Crippen LogP contribution in [-0.2, 0) is 16.4 Å². The number of hydrogen-bond acceptors (Lipinski definition) is 6. The Labute approximate surface area is 137 Å². The molecule has 0 saturated heterocycles. The van der Waals surface area contributed by atoms with Crippen LogP contribution in [0.3, 0.4) is 0 Å². The van der Waals surface area contributed by atoms with Crippen LogP contribution in [0.2, 0.25) is 0 Å². The van der Waals surface area contributed by atoms with Crippen LogP contribution in [0.4, 0.5) is 0 Å². The van der Waals surface area contributed by atoms with Gasteiger partial charge in [-0.15, -0.1) is 11.3 Å². The second-order valence-electron chi connectivity index (χ2n) is 4.79. The highest BCUT2D eigenvalue weighted by Gasteiger charge is 2.20. The van der Waals surface area contributed by atoms with Gasteiger partial charge in [0.15, 0.2) is 5.03 Å². The summed E-state index contributed by atoms with van der Waals surface area (Å²) in [7, 11) is -2.33. The maximum atomic E-state index is 11.8. The van der Waals surface area contributed by atoms with Gasteiger partial charge in [0.1, 0.15) is 5.75 Å². The predicted octanol–water partition coefficient (Wildman–Crippen LogP) is 1.58. The van der Waals surface area contributed by atoms with Gasteiger partial charge < -0.3 is 4.74 Å². The van der Waals surface area contributed by atoms with Crippen molar-refractivity contribution in [3.63, 3.8) is 0 Å². The monoisotopic (exact) mass is 350 g/mol. The van der Waals surface area contributed by atoms with Crippen LogP contribution < -0.4 is 9.88 Å². The van der Waals surface area contributed by atoms with Crippen molar-refractivity contribution in [3.05, 3.63) is 53.2 Å². The Hall–Kier alpha value is -2.23. The number of hydrogen-bond donors (Lipinski definition) is 1. The van der Waals surface area contributed by atoms with E-state index < -0.39 is 10.0 Å². The summed E-state index contributed by atoms with van der Waals surface area (Å²) in [5, 5.41) is 11.6. The molecule has 0 atom stereocenters. The first-order valence-electron chi connectivity index (χ1n) is 6.61. The van der Waals surface area contributed by atoms with E-state index in [-0.39, 0.29) is 5.03 Å². The van der Waals surface area contributed by atoms with Crippen LogP contribution in [0.15, 0.2) is 47.1 Å². The van der Waals surface area contributed by atoms with Gasteiger partial charge in [0.25, 0.3) is 10.0 Å². The first-order chi connectivity index (χ1) is 11.0. The zero-order chi connectivity index (χ0) is 16.4. The Morgan fingerprint density at radius 2 is 2.04 bits per heavy atom. The molecule has 120 valence electrons. The number of sulfonamides is 1. The van der Waals surface area contributed by atoms with Gasteiger partial charge in [-0.3, -0.25) is 0 Å². The molecule has 2 heterocycles. The van der Waals surface area contributed by atoms with E-state index in [1.165, 1.54) is 16.0 Å². The molecule has 0 aliphatic carbocycles. The molecule has 3 rings (SSSR count). The van der Waals surface area contributed by atoms with E-state index in [0.717, 1.165) is 11.3 Å². The normalized spacial score (nSPS) is 11.6. The lowest BCUT2D eigenvalue weighted by atomic mass is 10.1. The van der Waals surface area contributed by atoms with Crippen molar-refractivity contribution in [2.45, 2.75) is 11.4 Å². The van der Waals surface area contributed by atoms with Gasteiger partial charge in [0, 0.05) is 29.8 Å². The van der Waals surface area contributed by atoms with E-state index in [1.54, 1.807) is 24.9 Å². The summed E-state index contributed by atoms with van der Waals surface area (Å²) in [5.74, 6) is 0.735. The summed E-state index contributed by atoms with van der Waals surface area (Å²) in [6.45, 7) is 0. The summed E-state index contributed by atoms with van der Waals surface area (Å²) in [4.78, 5) is 4.12. The largest absolute Gasteiger partial charge is 0.497 e. The minimum absolute atomic E-state index is 0.136. The van der Waals surface area contributed by atoms with Crippen molar-refractivity contribution in [3.8, 4) is 10.9 Å². The van der Waals surface area contributed by atoms with Crippen LogP contribution in [0, 0.1) is 0 Å². The molecule has 0 saturated carbocycles. The zero-order valence-electron chi connectivity index (χ0n) is 12.2. The average Bonchev–Trinajstić information content (AvgIpc) is 3.16. The minimum atomic E-state index is -3.92. The second kappa shape index (κ2) is 6.11. The van der Waals surface area contributed by atoms with E-state index in [0.29, 0.717) is 17.1 Å². The molecule has 0 radical (unpaired) electrons. The number of thiazole rings is 1. The van der Waals surface area contributed by atoms with E-state index in [2.05, 4.69) is 10.1 Å². The van der Waals surface area contributed by atoms with E-state index >= 15 is 0 Å². The van der Waals surface area contributed by atoms with E-state index in [1.807, 2.05) is 24.3 Å². The molecule has 2 N–H and O–H groups in total. The Bertz CT molecular complexity index is 900. The number of methoxy groups -OCH3 is 1. The molecule has 3 aromatic rings. The fourth-order valence-corrected chi connectivity index (χ4v) is 3.40. The number of benzene rings is 1. The van der Waals surface area contributed by atoms with Gasteiger partial charge in [0.05, 0.1) is 7.11 Å². The SMILES string of the molecule is COc1ccc(Cc2cn(-c3nccs3)nc2S(N)(=O)=O)cc1. The van der Waals surface area contributed by atoms with E-state index in [9.17, 15) is 8.42 Å². The highest BCUT2D eigenvalue weighted by atomic mass is 32.2. The lowest BCUT2D eigenvalue weighted by Gasteiger charge is -2.03. The van der Waals surface area contributed by atoms with Crippen LogP contribution in [0.5, 0.6) is 5.75 Å². The van der Waals surface area contributed by atoms with Gasteiger partial charge in [0.2, 0.25) is 5.13 Å². The maximum absolute atomic E-state index is 11.8. The van der Waals surface area contributed by atoms with E-state index in [4.69, 9.17) is 9.88 Å².